The van der Waals surface area contributed by atoms with Gasteiger partial charge in [-0.15, -0.1) is 5.10 Å². The molecule has 0 N–H and O–H groups in total. The Morgan fingerprint density at radius 1 is 1.06 bits per heavy atom. The van der Waals surface area contributed by atoms with E-state index in [9.17, 15) is 0 Å². The second-order valence-electron chi connectivity index (χ2n) is 10.9. The maximum absolute atomic E-state index is 15.0. The highest BCUT2D eigenvalue weighted by Gasteiger charge is 2.50. The molecule has 34 heavy (non-hydrogen) atoms. The van der Waals surface area contributed by atoms with Gasteiger partial charge in [0.1, 0.15) is 18.0 Å². The summed E-state index contributed by atoms with van der Waals surface area (Å²) in [5.41, 5.74) is 0.395. The first-order valence-corrected chi connectivity index (χ1v) is 12.9. The summed E-state index contributed by atoms with van der Waals surface area (Å²) in [4.78, 5) is 4.92. The van der Waals surface area contributed by atoms with Crippen LogP contribution >= 0.6 is 0 Å². The summed E-state index contributed by atoms with van der Waals surface area (Å²) >= 11 is 0. The highest BCUT2D eigenvalue weighted by Crippen LogP contribution is 2.49. The third kappa shape index (κ3) is 4.42. The largest absolute Gasteiger partial charge is 0.490 e. The second kappa shape index (κ2) is 9.11. The second-order valence-corrected chi connectivity index (χ2v) is 10.9. The van der Waals surface area contributed by atoms with Gasteiger partial charge in [-0.2, -0.15) is 0 Å². The van der Waals surface area contributed by atoms with E-state index in [4.69, 9.17) is 13.9 Å². The average Bonchev–Trinajstić information content (AvgIpc) is 3.53. The fourth-order valence-electron chi connectivity index (χ4n) is 6.59. The van der Waals surface area contributed by atoms with Gasteiger partial charge in [-0.25, -0.2) is 4.39 Å². The molecule has 4 heterocycles. The Hall–Kier alpha value is -2.19. The highest BCUT2D eigenvalue weighted by atomic mass is 19.1. The molecule has 3 aliphatic heterocycles. The van der Waals surface area contributed by atoms with Crippen molar-refractivity contribution in [2.24, 2.45) is 5.41 Å². The zero-order valence-electron chi connectivity index (χ0n) is 19.8. The van der Waals surface area contributed by atoms with Crippen LogP contribution in [0.25, 0.3) is 0 Å². The number of para-hydroxylation sites is 1. The van der Waals surface area contributed by atoms with Crippen molar-refractivity contribution < 1.29 is 18.3 Å². The molecule has 8 heteroatoms. The number of alkyl halides is 1. The Kier molecular flexibility index (Phi) is 5.97. The molecule has 0 amide bonds. The van der Waals surface area contributed by atoms with Crippen molar-refractivity contribution in [3.05, 3.63) is 36.2 Å². The minimum atomic E-state index is -1.27. The fourth-order valence-corrected chi connectivity index (χ4v) is 6.59. The van der Waals surface area contributed by atoms with Crippen molar-refractivity contribution in [2.45, 2.75) is 62.6 Å². The number of halogens is 1. The Bertz CT molecular complexity index is 951. The number of piperidine rings is 1. The molecular weight excluding hydrogens is 435 g/mol. The zero-order valence-corrected chi connectivity index (χ0v) is 19.8. The Morgan fingerprint density at radius 3 is 2.62 bits per heavy atom. The summed E-state index contributed by atoms with van der Waals surface area (Å²) in [7, 11) is 0. The summed E-state index contributed by atoms with van der Waals surface area (Å²) in [5.74, 6) is 1.34. The molecule has 1 saturated carbocycles. The van der Waals surface area contributed by atoms with E-state index >= 15 is 4.39 Å². The third-order valence-corrected chi connectivity index (χ3v) is 8.63. The molecule has 3 saturated heterocycles. The smallest absolute Gasteiger partial charge is 0.317 e. The molecule has 7 nitrogen and oxygen atoms in total. The molecule has 1 unspecified atom stereocenters. The third-order valence-electron chi connectivity index (χ3n) is 8.63. The normalized spacial score (nSPS) is 27.1. The monoisotopic (exact) mass is 470 g/mol. The number of hydrogen-bond acceptors (Lipinski definition) is 7. The van der Waals surface area contributed by atoms with Crippen molar-refractivity contribution in [3.8, 4) is 5.75 Å². The van der Waals surface area contributed by atoms with E-state index < -0.39 is 5.67 Å². The van der Waals surface area contributed by atoms with Gasteiger partial charge in [0.05, 0.1) is 0 Å². The molecule has 1 aliphatic carbocycles. The number of nitrogens with zero attached hydrogens (tertiary/aromatic N) is 4. The molecule has 6 rings (SSSR count). The van der Waals surface area contributed by atoms with E-state index in [2.05, 4.69) is 32.1 Å². The van der Waals surface area contributed by atoms with Crippen LogP contribution in [0.3, 0.4) is 0 Å². The van der Waals surface area contributed by atoms with Crippen LogP contribution in [0.1, 0.15) is 56.4 Å². The highest BCUT2D eigenvalue weighted by molar-refractivity contribution is 5.37. The van der Waals surface area contributed by atoms with Gasteiger partial charge in [0.2, 0.25) is 6.39 Å². The molecule has 1 atom stereocenters. The Balaban J connectivity index is 1.02. The quantitative estimate of drug-likeness (QED) is 0.627. The van der Waals surface area contributed by atoms with Gasteiger partial charge in [-0.05, 0) is 62.7 Å². The van der Waals surface area contributed by atoms with E-state index in [1.54, 1.807) is 0 Å². The average molecular weight is 471 g/mol. The van der Waals surface area contributed by atoms with Gasteiger partial charge in [-0.1, -0.05) is 23.3 Å². The number of anilines is 1. The standard InChI is InChI=1S/C26H35FN4O3/c27-26(9-13-32-14-10-26)18-33-23-4-2-1-3-22(23)20-6-11-30(12-7-20)21-5-8-25(15-21)16-31(17-25)24-29-28-19-34-24/h1-4,19-21H,5-18H2. The van der Waals surface area contributed by atoms with Gasteiger partial charge in [0.15, 0.2) is 0 Å². The molecule has 1 aromatic carbocycles. The maximum atomic E-state index is 15.0. The van der Waals surface area contributed by atoms with Gasteiger partial charge in [-0.3, -0.25) is 0 Å². The van der Waals surface area contributed by atoms with E-state index in [1.807, 2.05) is 12.1 Å². The van der Waals surface area contributed by atoms with Crippen molar-refractivity contribution in [2.75, 3.05) is 50.9 Å². The minimum Gasteiger partial charge on any atom is -0.490 e. The lowest BCUT2D eigenvalue weighted by atomic mass is 9.78. The first kappa shape index (κ1) is 22.3. The number of hydrogen-bond donors (Lipinski definition) is 0. The van der Waals surface area contributed by atoms with E-state index in [1.165, 1.54) is 31.2 Å². The Morgan fingerprint density at radius 2 is 1.85 bits per heavy atom. The summed E-state index contributed by atoms with van der Waals surface area (Å²) in [6.07, 6.45) is 8.35. The zero-order chi connectivity index (χ0) is 23.0. The minimum absolute atomic E-state index is 0.122. The molecule has 4 fully saturated rings. The SMILES string of the molecule is FC1(COc2ccccc2C2CCN(C3CCC4(C3)CN(c3nnco3)C4)CC2)CCOCC1. The number of rotatable bonds is 6. The molecule has 0 bridgehead atoms. The van der Waals surface area contributed by atoms with Crippen molar-refractivity contribution >= 4 is 6.01 Å². The van der Waals surface area contributed by atoms with Crippen LogP contribution in [0.4, 0.5) is 10.4 Å². The molecule has 184 valence electrons. The predicted molar refractivity (Wildman–Crippen MR) is 126 cm³/mol. The van der Waals surface area contributed by atoms with Crippen molar-refractivity contribution in [1.29, 1.82) is 0 Å². The van der Waals surface area contributed by atoms with Crippen molar-refractivity contribution in [3.63, 3.8) is 0 Å². The lowest BCUT2D eigenvalue weighted by Gasteiger charge is -2.48. The Labute approximate surface area is 200 Å². The van der Waals surface area contributed by atoms with Gasteiger partial charge in [0.25, 0.3) is 0 Å². The summed E-state index contributed by atoms with van der Waals surface area (Å²) in [6.45, 7) is 5.41. The van der Waals surface area contributed by atoms with Gasteiger partial charge >= 0.3 is 6.01 Å². The lowest BCUT2D eigenvalue weighted by molar-refractivity contribution is -0.0326. The summed E-state index contributed by atoms with van der Waals surface area (Å²) in [6, 6.07) is 9.60. The topological polar surface area (TPSA) is 63.9 Å². The van der Waals surface area contributed by atoms with Crippen LogP contribution in [-0.2, 0) is 4.74 Å². The van der Waals surface area contributed by atoms with Crippen LogP contribution in [0.15, 0.2) is 35.1 Å². The number of likely N-dealkylation sites (tertiary alicyclic amines) is 1. The first-order valence-electron chi connectivity index (χ1n) is 12.9. The number of aromatic nitrogens is 2. The van der Waals surface area contributed by atoms with Crippen LogP contribution in [-0.4, -0.2) is 72.8 Å². The number of benzene rings is 1. The number of ether oxygens (including phenoxy) is 2. The van der Waals surface area contributed by atoms with Gasteiger partial charge in [0, 0.05) is 50.6 Å². The van der Waals surface area contributed by atoms with E-state index in [-0.39, 0.29) is 6.61 Å². The lowest BCUT2D eigenvalue weighted by Crippen LogP contribution is -2.56. The summed E-state index contributed by atoms with van der Waals surface area (Å²) in [5, 5.41) is 7.86. The maximum Gasteiger partial charge on any atom is 0.317 e. The van der Waals surface area contributed by atoms with Crippen molar-refractivity contribution in [1.82, 2.24) is 15.1 Å². The fraction of sp³-hybridized carbons (Fsp3) is 0.692. The molecule has 1 spiro atoms. The van der Waals surface area contributed by atoms with Crippen LogP contribution in [0.2, 0.25) is 0 Å². The summed E-state index contributed by atoms with van der Waals surface area (Å²) < 4.78 is 31.8. The molecule has 0 radical (unpaired) electrons. The van der Waals surface area contributed by atoms with E-state index in [0.717, 1.165) is 44.8 Å². The first-order chi connectivity index (χ1) is 16.6. The molecule has 1 aromatic heterocycles. The van der Waals surface area contributed by atoms with E-state index in [0.29, 0.717) is 49.4 Å². The molecular formula is C26H35FN4O3. The molecule has 2 aromatic rings. The van der Waals surface area contributed by atoms with Crippen LogP contribution in [0, 0.1) is 5.41 Å². The predicted octanol–water partition coefficient (Wildman–Crippen LogP) is 4.21. The van der Waals surface area contributed by atoms with Crippen LogP contribution in [0.5, 0.6) is 5.75 Å². The molecule has 4 aliphatic rings. The van der Waals surface area contributed by atoms with Crippen LogP contribution < -0.4 is 9.64 Å². The van der Waals surface area contributed by atoms with Gasteiger partial charge < -0.3 is 23.7 Å².